The minimum atomic E-state index is -0.432. The number of likely N-dealkylation sites (tertiary alicyclic amines) is 1. The average Bonchev–Trinajstić information content (AvgIpc) is 3.30. The topological polar surface area (TPSA) is 40.6 Å². The zero-order chi connectivity index (χ0) is 21.7. The van der Waals surface area contributed by atoms with E-state index in [-0.39, 0.29) is 17.7 Å². The highest BCUT2D eigenvalue weighted by Crippen LogP contribution is 2.38. The molecule has 0 atom stereocenters. The van der Waals surface area contributed by atoms with E-state index in [9.17, 15) is 9.59 Å². The van der Waals surface area contributed by atoms with Crippen LogP contribution in [0.3, 0.4) is 0 Å². The first-order valence-corrected chi connectivity index (χ1v) is 11.9. The molecule has 1 aliphatic heterocycles. The van der Waals surface area contributed by atoms with Crippen LogP contribution in [0.5, 0.6) is 0 Å². The molecule has 1 saturated heterocycles. The summed E-state index contributed by atoms with van der Waals surface area (Å²) in [6.45, 7) is 5.50. The van der Waals surface area contributed by atoms with Gasteiger partial charge < -0.3 is 9.80 Å². The summed E-state index contributed by atoms with van der Waals surface area (Å²) in [5.74, 6) is 0.539. The number of piperidine rings is 1. The molecule has 2 heterocycles. The largest absolute Gasteiger partial charge is 0.348 e. The van der Waals surface area contributed by atoms with Gasteiger partial charge in [0.1, 0.15) is 0 Å². The summed E-state index contributed by atoms with van der Waals surface area (Å²) in [6, 6.07) is 12.8. The van der Waals surface area contributed by atoms with Crippen LogP contribution < -0.4 is 0 Å². The average molecular weight is 427 g/mol. The fraction of sp³-hybridized carbons (Fsp3) is 0.520. The van der Waals surface area contributed by atoms with Crippen molar-refractivity contribution in [3.63, 3.8) is 0 Å². The fourth-order valence-electron chi connectivity index (χ4n) is 4.61. The van der Waals surface area contributed by atoms with E-state index >= 15 is 0 Å². The van der Waals surface area contributed by atoms with Crippen molar-refractivity contribution in [2.75, 3.05) is 27.2 Å². The maximum atomic E-state index is 13.2. The number of hydrogen-bond donors (Lipinski definition) is 0. The molecule has 2 amide bonds. The minimum absolute atomic E-state index is 0.104. The molecule has 162 valence electrons. The van der Waals surface area contributed by atoms with Crippen molar-refractivity contribution >= 4 is 23.2 Å². The number of carbonyl (C=O) groups is 2. The zero-order valence-electron chi connectivity index (χ0n) is 18.7. The van der Waals surface area contributed by atoms with Crippen molar-refractivity contribution in [2.24, 2.45) is 11.3 Å². The van der Waals surface area contributed by atoms with Gasteiger partial charge in [0.25, 0.3) is 0 Å². The molecule has 1 fully saturated rings. The molecule has 4 nitrogen and oxygen atoms in total. The van der Waals surface area contributed by atoms with E-state index in [0.717, 1.165) is 32.1 Å². The smallest absolute Gasteiger partial charge is 0.228 e. The quantitative estimate of drug-likeness (QED) is 0.619. The van der Waals surface area contributed by atoms with Crippen molar-refractivity contribution in [1.82, 2.24) is 9.80 Å². The molecule has 0 aliphatic carbocycles. The maximum Gasteiger partial charge on any atom is 0.228 e. The monoisotopic (exact) mass is 426 g/mol. The third-order valence-electron chi connectivity index (χ3n) is 6.53. The molecule has 0 bridgehead atoms. The zero-order valence-corrected chi connectivity index (χ0v) is 19.5. The lowest BCUT2D eigenvalue weighted by Crippen LogP contribution is -2.51. The standard InChI is InChI=1S/C25H34N2O2S/c1-5-20(6-2)23(28)27-15-13-25(14-16-27,24(29)26(3)4)18-19-9-11-21(12-10-19)22-8-7-17-30-22/h7-12,17,20H,5-6,13-16,18H2,1-4H3. The lowest BCUT2D eigenvalue weighted by Gasteiger charge is -2.43. The number of rotatable bonds is 7. The summed E-state index contributed by atoms with van der Waals surface area (Å²) in [7, 11) is 3.68. The number of amides is 2. The van der Waals surface area contributed by atoms with E-state index in [1.54, 1.807) is 16.2 Å². The summed E-state index contributed by atoms with van der Waals surface area (Å²) in [4.78, 5) is 31.0. The van der Waals surface area contributed by atoms with Crippen LogP contribution in [0.1, 0.15) is 45.1 Å². The van der Waals surface area contributed by atoms with E-state index in [4.69, 9.17) is 0 Å². The molecular formula is C25H34N2O2S. The predicted octanol–water partition coefficient (Wildman–Crippen LogP) is 5.09. The van der Waals surface area contributed by atoms with Crippen molar-refractivity contribution in [3.8, 4) is 10.4 Å². The van der Waals surface area contributed by atoms with E-state index in [1.807, 2.05) is 19.0 Å². The van der Waals surface area contributed by atoms with Crippen molar-refractivity contribution < 1.29 is 9.59 Å². The summed E-state index contributed by atoms with van der Waals surface area (Å²) in [6.07, 6.45) is 3.93. The Morgan fingerprint density at radius 2 is 1.70 bits per heavy atom. The third-order valence-corrected chi connectivity index (χ3v) is 7.45. The summed E-state index contributed by atoms with van der Waals surface area (Å²) in [5.41, 5.74) is 1.97. The van der Waals surface area contributed by atoms with E-state index in [0.29, 0.717) is 13.1 Å². The molecule has 0 radical (unpaired) electrons. The molecule has 0 N–H and O–H groups in total. The van der Waals surface area contributed by atoms with Gasteiger partial charge in [-0.15, -0.1) is 11.3 Å². The highest BCUT2D eigenvalue weighted by atomic mass is 32.1. The molecule has 5 heteroatoms. The summed E-state index contributed by atoms with van der Waals surface area (Å²) >= 11 is 1.74. The van der Waals surface area contributed by atoms with Crippen LogP contribution in [-0.4, -0.2) is 48.8 Å². The van der Waals surface area contributed by atoms with Crippen LogP contribution in [0.15, 0.2) is 41.8 Å². The predicted molar refractivity (Wildman–Crippen MR) is 124 cm³/mol. The highest BCUT2D eigenvalue weighted by Gasteiger charge is 2.43. The Labute approximate surface area is 184 Å². The number of hydrogen-bond acceptors (Lipinski definition) is 3. The molecule has 1 aromatic carbocycles. The second-order valence-electron chi connectivity index (χ2n) is 8.67. The minimum Gasteiger partial charge on any atom is -0.348 e. The second-order valence-corrected chi connectivity index (χ2v) is 9.62. The van der Waals surface area contributed by atoms with Crippen molar-refractivity contribution in [2.45, 2.75) is 46.0 Å². The Kier molecular flexibility index (Phi) is 7.35. The van der Waals surface area contributed by atoms with Gasteiger partial charge in [0.2, 0.25) is 11.8 Å². The van der Waals surface area contributed by atoms with Gasteiger partial charge in [-0.3, -0.25) is 9.59 Å². The van der Waals surface area contributed by atoms with Crippen LogP contribution in [0, 0.1) is 11.3 Å². The van der Waals surface area contributed by atoms with Crippen LogP contribution in [0.2, 0.25) is 0 Å². The first kappa shape index (κ1) is 22.5. The number of carbonyl (C=O) groups excluding carboxylic acids is 2. The first-order valence-electron chi connectivity index (χ1n) is 11.0. The molecule has 3 rings (SSSR count). The molecule has 1 aromatic heterocycles. The van der Waals surface area contributed by atoms with Gasteiger partial charge >= 0.3 is 0 Å². The number of nitrogens with zero attached hydrogens (tertiary/aromatic N) is 2. The van der Waals surface area contributed by atoms with Crippen LogP contribution >= 0.6 is 11.3 Å². The van der Waals surface area contributed by atoms with Crippen LogP contribution in [-0.2, 0) is 16.0 Å². The van der Waals surface area contributed by atoms with E-state index < -0.39 is 5.41 Å². The molecule has 0 spiro atoms. The number of thiophene rings is 1. The fourth-order valence-corrected chi connectivity index (χ4v) is 5.35. The van der Waals surface area contributed by atoms with Gasteiger partial charge in [-0.1, -0.05) is 44.2 Å². The first-order chi connectivity index (χ1) is 14.4. The van der Waals surface area contributed by atoms with Crippen LogP contribution in [0.4, 0.5) is 0 Å². The third kappa shape index (κ3) is 4.77. The Bertz CT molecular complexity index is 831. The van der Waals surface area contributed by atoms with Gasteiger partial charge in [-0.05, 0) is 54.7 Å². The molecule has 1 aliphatic rings. The highest BCUT2D eigenvalue weighted by molar-refractivity contribution is 7.13. The SMILES string of the molecule is CCC(CC)C(=O)N1CCC(Cc2ccc(-c3cccs3)cc2)(C(=O)N(C)C)CC1. The Morgan fingerprint density at radius 1 is 1.07 bits per heavy atom. The molecule has 2 aromatic rings. The lowest BCUT2D eigenvalue weighted by atomic mass is 9.72. The summed E-state index contributed by atoms with van der Waals surface area (Å²) in [5, 5.41) is 2.09. The van der Waals surface area contributed by atoms with Crippen LogP contribution in [0.25, 0.3) is 10.4 Å². The Balaban J connectivity index is 1.76. The van der Waals surface area contributed by atoms with Gasteiger partial charge in [-0.25, -0.2) is 0 Å². The molecular weight excluding hydrogens is 392 g/mol. The molecule has 0 saturated carbocycles. The molecule has 30 heavy (non-hydrogen) atoms. The lowest BCUT2D eigenvalue weighted by molar-refractivity contribution is -0.147. The van der Waals surface area contributed by atoms with E-state index in [1.165, 1.54) is 16.0 Å². The second kappa shape index (κ2) is 9.78. The maximum absolute atomic E-state index is 13.2. The number of benzene rings is 1. The normalized spacial score (nSPS) is 16.0. The Hall–Kier alpha value is -2.14. The van der Waals surface area contributed by atoms with Gasteiger partial charge in [0.15, 0.2) is 0 Å². The van der Waals surface area contributed by atoms with Crippen molar-refractivity contribution in [3.05, 3.63) is 47.3 Å². The van der Waals surface area contributed by atoms with Crippen molar-refractivity contribution in [1.29, 1.82) is 0 Å². The van der Waals surface area contributed by atoms with Gasteiger partial charge in [-0.2, -0.15) is 0 Å². The Morgan fingerprint density at radius 3 is 2.20 bits per heavy atom. The summed E-state index contributed by atoms with van der Waals surface area (Å²) < 4.78 is 0. The van der Waals surface area contributed by atoms with E-state index in [2.05, 4.69) is 55.6 Å². The van der Waals surface area contributed by atoms with Gasteiger partial charge in [0, 0.05) is 38.0 Å². The van der Waals surface area contributed by atoms with Gasteiger partial charge in [0.05, 0.1) is 5.41 Å². The molecule has 0 unspecified atom stereocenters.